The summed E-state index contributed by atoms with van der Waals surface area (Å²) < 4.78 is 38.7. The SMILES string of the molecule is CCCCOCCn1c(=O)oc2ccc(-c3ccc(C[C@@H](C#N)NC(=O)[C@@H]4CNC(C)C(OC)CO4)c(F)c3)cc21. The van der Waals surface area contributed by atoms with Gasteiger partial charge >= 0.3 is 5.76 Å². The maximum atomic E-state index is 15.2. The normalized spacial score (nSPS) is 19.9. The van der Waals surface area contributed by atoms with Crippen LogP contribution in [0.25, 0.3) is 22.2 Å². The van der Waals surface area contributed by atoms with E-state index >= 15 is 4.39 Å². The lowest BCUT2D eigenvalue weighted by atomic mass is 10.00. The number of aromatic nitrogens is 1. The second-order valence-corrected chi connectivity index (χ2v) is 10.2. The molecule has 2 aromatic carbocycles. The Bertz CT molecular complexity index is 1430. The van der Waals surface area contributed by atoms with Gasteiger partial charge in [0.1, 0.15) is 18.0 Å². The van der Waals surface area contributed by atoms with Crippen LogP contribution in [0, 0.1) is 17.1 Å². The van der Waals surface area contributed by atoms with Crippen molar-refractivity contribution >= 4 is 17.0 Å². The molecule has 0 saturated carbocycles. The molecule has 1 aliphatic rings. The Morgan fingerprint density at radius 3 is 2.78 bits per heavy atom. The molecule has 4 rings (SSSR count). The number of nitrogens with one attached hydrogen (secondary N) is 2. The number of hydrogen-bond acceptors (Lipinski definition) is 8. The van der Waals surface area contributed by atoms with Gasteiger partial charge in [-0.05, 0) is 48.2 Å². The van der Waals surface area contributed by atoms with Gasteiger partial charge in [-0.2, -0.15) is 5.26 Å². The van der Waals surface area contributed by atoms with Crippen molar-refractivity contribution in [3.05, 3.63) is 58.3 Å². The van der Waals surface area contributed by atoms with Gasteiger partial charge in [-0.15, -0.1) is 0 Å². The number of nitriles is 1. The van der Waals surface area contributed by atoms with Crippen LogP contribution in [0.5, 0.6) is 0 Å². The van der Waals surface area contributed by atoms with E-state index in [9.17, 15) is 14.9 Å². The third-order valence-corrected chi connectivity index (χ3v) is 7.29. The molecule has 3 aromatic rings. The van der Waals surface area contributed by atoms with Crippen LogP contribution in [-0.2, 0) is 32.0 Å². The number of hydrogen-bond donors (Lipinski definition) is 2. The molecule has 2 unspecified atom stereocenters. The molecule has 4 atom stereocenters. The zero-order valence-electron chi connectivity index (χ0n) is 23.7. The van der Waals surface area contributed by atoms with Crippen LogP contribution >= 0.6 is 0 Å². The molecule has 0 radical (unpaired) electrons. The van der Waals surface area contributed by atoms with Crippen molar-refractivity contribution in [1.29, 1.82) is 5.26 Å². The fraction of sp³-hybridized carbons (Fsp3) is 0.500. The molecule has 0 bridgehead atoms. The van der Waals surface area contributed by atoms with E-state index < -0.39 is 29.6 Å². The minimum Gasteiger partial charge on any atom is -0.408 e. The second-order valence-electron chi connectivity index (χ2n) is 10.2. The number of nitrogens with zero attached hydrogens (tertiary/aromatic N) is 2. The van der Waals surface area contributed by atoms with Gasteiger partial charge in [0.2, 0.25) is 0 Å². The van der Waals surface area contributed by atoms with E-state index in [2.05, 4.69) is 17.6 Å². The smallest absolute Gasteiger partial charge is 0.408 e. The molecule has 1 aliphatic heterocycles. The van der Waals surface area contributed by atoms with Crippen molar-refractivity contribution in [2.24, 2.45) is 0 Å². The van der Waals surface area contributed by atoms with Gasteiger partial charge in [-0.1, -0.05) is 31.5 Å². The molecule has 11 heteroatoms. The number of benzene rings is 2. The molecule has 220 valence electrons. The van der Waals surface area contributed by atoms with Crippen LogP contribution in [0.4, 0.5) is 4.39 Å². The van der Waals surface area contributed by atoms with Gasteiger partial charge < -0.3 is 29.3 Å². The summed E-state index contributed by atoms with van der Waals surface area (Å²) in [7, 11) is 1.58. The van der Waals surface area contributed by atoms with Crippen molar-refractivity contribution in [1.82, 2.24) is 15.2 Å². The molecule has 0 aliphatic carbocycles. The lowest BCUT2D eigenvalue weighted by molar-refractivity contribution is -0.133. The highest BCUT2D eigenvalue weighted by molar-refractivity contribution is 5.82. The molecular weight excluding hydrogens is 531 g/mol. The van der Waals surface area contributed by atoms with Gasteiger partial charge in [0.15, 0.2) is 5.58 Å². The molecule has 10 nitrogen and oxygen atoms in total. The topological polar surface area (TPSA) is 128 Å². The summed E-state index contributed by atoms with van der Waals surface area (Å²) in [4.78, 5) is 25.2. The van der Waals surface area contributed by atoms with Crippen molar-refractivity contribution < 1.29 is 27.8 Å². The number of methoxy groups -OCH3 is 1. The molecule has 1 amide bonds. The maximum Gasteiger partial charge on any atom is 0.420 e. The summed E-state index contributed by atoms with van der Waals surface area (Å²) in [5.74, 6) is -1.42. The summed E-state index contributed by atoms with van der Waals surface area (Å²) in [5.41, 5.74) is 2.64. The molecule has 1 aromatic heterocycles. The largest absolute Gasteiger partial charge is 0.420 e. The molecule has 41 heavy (non-hydrogen) atoms. The average molecular weight is 569 g/mol. The Morgan fingerprint density at radius 1 is 1.27 bits per heavy atom. The zero-order chi connectivity index (χ0) is 29.4. The highest BCUT2D eigenvalue weighted by Gasteiger charge is 2.29. The number of unbranched alkanes of at least 4 members (excludes halogenated alkanes) is 1. The maximum absolute atomic E-state index is 15.2. The van der Waals surface area contributed by atoms with Gasteiger partial charge in [-0.25, -0.2) is 9.18 Å². The minimum atomic E-state index is -0.943. The first kappa shape index (κ1) is 30.4. The molecule has 2 N–H and O–H groups in total. The first-order valence-corrected chi connectivity index (χ1v) is 13.9. The van der Waals surface area contributed by atoms with Crippen molar-refractivity contribution in [2.75, 3.05) is 33.5 Å². The van der Waals surface area contributed by atoms with Gasteiger partial charge in [0.25, 0.3) is 5.91 Å². The number of ether oxygens (including phenoxy) is 3. The van der Waals surface area contributed by atoms with E-state index in [0.29, 0.717) is 47.5 Å². The van der Waals surface area contributed by atoms with Crippen LogP contribution in [0.1, 0.15) is 32.3 Å². The number of halogens is 1. The molecule has 2 heterocycles. The third-order valence-electron chi connectivity index (χ3n) is 7.29. The van der Waals surface area contributed by atoms with Crippen molar-refractivity contribution in [3.63, 3.8) is 0 Å². The zero-order valence-corrected chi connectivity index (χ0v) is 23.7. The quantitative estimate of drug-likeness (QED) is 0.319. The Kier molecular flexibility index (Phi) is 10.7. The number of rotatable bonds is 12. The highest BCUT2D eigenvalue weighted by Crippen LogP contribution is 2.26. The Morgan fingerprint density at radius 2 is 2.05 bits per heavy atom. The number of amides is 1. The highest BCUT2D eigenvalue weighted by atomic mass is 19.1. The monoisotopic (exact) mass is 568 g/mol. The number of carbonyl (C=O) groups is 1. The minimum absolute atomic E-state index is 0.00324. The third kappa shape index (κ3) is 7.59. The molecular formula is C30H37FN4O6. The summed E-state index contributed by atoms with van der Waals surface area (Å²) >= 11 is 0. The summed E-state index contributed by atoms with van der Waals surface area (Å²) in [6.07, 6.45) is 0.984. The molecule has 1 saturated heterocycles. The van der Waals surface area contributed by atoms with Crippen LogP contribution in [-0.4, -0.2) is 68.2 Å². The fourth-order valence-corrected chi connectivity index (χ4v) is 4.74. The van der Waals surface area contributed by atoms with Crippen LogP contribution in [0.2, 0.25) is 0 Å². The summed E-state index contributed by atoms with van der Waals surface area (Å²) in [6.45, 7) is 5.90. The number of oxazole rings is 1. The molecule has 0 spiro atoms. The van der Waals surface area contributed by atoms with Crippen LogP contribution < -0.4 is 16.4 Å². The number of carbonyl (C=O) groups excluding carboxylic acids is 1. The van der Waals surface area contributed by atoms with E-state index in [1.807, 2.05) is 13.0 Å². The fourth-order valence-electron chi connectivity index (χ4n) is 4.74. The first-order valence-electron chi connectivity index (χ1n) is 13.9. The second kappa shape index (κ2) is 14.4. The standard InChI is InChI=1S/C30H37FN4O6/c1-4-5-11-39-12-10-35-25-15-21(8-9-26(25)41-30(35)37)20-6-7-22(24(31)14-20)13-23(16-32)34-29(36)27-17-33-19(2)28(38-3)18-40-27/h6-9,14-15,19,23,27-28,33H,4-5,10-13,17-18H2,1-3H3,(H,34,36)/t19?,23-,27-,28?/m0/s1. The first-order chi connectivity index (χ1) is 19.8. The number of fused-ring (bicyclic) bond motifs is 1. The predicted octanol–water partition coefficient (Wildman–Crippen LogP) is 3.16. The van der Waals surface area contributed by atoms with Gasteiger partial charge in [0.05, 0.1) is 37.4 Å². The van der Waals surface area contributed by atoms with Gasteiger partial charge in [-0.3, -0.25) is 9.36 Å². The van der Waals surface area contributed by atoms with Crippen LogP contribution in [0.3, 0.4) is 0 Å². The van der Waals surface area contributed by atoms with Crippen molar-refractivity contribution in [2.45, 2.75) is 63.9 Å². The van der Waals surface area contributed by atoms with E-state index in [1.54, 1.807) is 37.4 Å². The van der Waals surface area contributed by atoms with E-state index in [4.69, 9.17) is 18.6 Å². The molecule has 1 fully saturated rings. The Balaban J connectivity index is 1.43. The lowest BCUT2D eigenvalue weighted by Gasteiger charge is -2.19. The van der Waals surface area contributed by atoms with Crippen LogP contribution in [0.15, 0.2) is 45.6 Å². The van der Waals surface area contributed by atoms with Gasteiger partial charge in [0, 0.05) is 32.7 Å². The van der Waals surface area contributed by atoms with E-state index in [1.165, 1.54) is 10.6 Å². The Hall–Kier alpha value is -3.56. The average Bonchev–Trinajstić information content (AvgIpc) is 3.15. The summed E-state index contributed by atoms with van der Waals surface area (Å²) in [5, 5.41) is 15.5. The summed E-state index contributed by atoms with van der Waals surface area (Å²) in [6, 6.07) is 11.1. The predicted molar refractivity (Wildman–Crippen MR) is 151 cm³/mol. The van der Waals surface area contributed by atoms with Crippen molar-refractivity contribution in [3.8, 4) is 17.2 Å². The lowest BCUT2D eigenvalue weighted by Crippen LogP contribution is -2.46. The van der Waals surface area contributed by atoms with E-state index in [0.717, 1.165) is 12.8 Å². The van der Waals surface area contributed by atoms with E-state index in [-0.39, 0.29) is 31.7 Å². The Labute approximate surface area is 238 Å².